The van der Waals surface area contributed by atoms with Crippen molar-refractivity contribution in [2.24, 2.45) is 0 Å². The van der Waals surface area contributed by atoms with E-state index in [4.69, 9.17) is 4.74 Å². The Morgan fingerprint density at radius 1 is 1.50 bits per heavy atom. The molecule has 0 fully saturated rings. The number of nitrogens with one attached hydrogen (secondary N) is 1. The van der Waals surface area contributed by atoms with E-state index >= 15 is 0 Å². The molecule has 0 aliphatic heterocycles. The summed E-state index contributed by atoms with van der Waals surface area (Å²) < 4.78 is 5.13. The van der Waals surface area contributed by atoms with Crippen molar-refractivity contribution in [1.29, 1.82) is 0 Å². The molecule has 0 saturated carbocycles. The number of methoxy groups -OCH3 is 1. The van der Waals surface area contributed by atoms with E-state index in [9.17, 15) is 10.1 Å². The molecule has 0 aliphatic carbocycles. The number of hydrogen-bond acceptors (Lipinski definition) is 5. The molecule has 20 heavy (non-hydrogen) atoms. The second-order valence-corrected chi connectivity index (χ2v) is 4.86. The van der Waals surface area contributed by atoms with Crippen LogP contribution in [0.15, 0.2) is 18.2 Å². The largest absolute Gasteiger partial charge is 0.383 e. The summed E-state index contributed by atoms with van der Waals surface area (Å²) in [6.45, 7) is 6.04. The molecule has 0 amide bonds. The minimum atomic E-state index is -0.362. The van der Waals surface area contributed by atoms with Crippen molar-refractivity contribution in [3.05, 3.63) is 33.9 Å². The Morgan fingerprint density at radius 2 is 2.20 bits per heavy atom. The summed E-state index contributed by atoms with van der Waals surface area (Å²) in [4.78, 5) is 12.8. The highest BCUT2D eigenvalue weighted by Gasteiger charge is 2.15. The Labute approximate surface area is 119 Å². The molecule has 0 aliphatic rings. The van der Waals surface area contributed by atoms with Crippen molar-refractivity contribution >= 4 is 11.4 Å². The number of likely N-dealkylation sites (N-methyl/N-ethyl adjacent to an activating group) is 1. The van der Waals surface area contributed by atoms with Crippen LogP contribution in [0.5, 0.6) is 0 Å². The fourth-order valence-electron chi connectivity index (χ4n) is 1.99. The number of hydrogen-bond donors (Lipinski definition) is 1. The maximum absolute atomic E-state index is 11.0. The van der Waals surface area contributed by atoms with Crippen LogP contribution in [0.4, 0.5) is 11.4 Å². The Balaban J connectivity index is 2.86. The molecule has 1 unspecified atom stereocenters. The SMILES string of the molecule is CCNc1cc(CN(C)C(C)COC)ccc1[N+](=O)[O-]. The molecule has 1 aromatic carbocycles. The van der Waals surface area contributed by atoms with E-state index in [0.29, 0.717) is 18.8 Å². The number of anilines is 1. The summed E-state index contributed by atoms with van der Waals surface area (Å²) >= 11 is 0. The molecule has 1 rings (SSSR count). The minimum Gasteiger partial charge on any atom is -0.383 e. The second kappa shape index (κ2) is 7.81. The van der Waals surface area contributed by atoms with Gasteiger partial charge in [0, 0.05) is 32.3 Å². The third-order valence-corrected chi connectivity index (χ3v) is 3.22. The van der Waals surface area contributed by atoms with Crippen LogP contribution in [0.1, 0.15) is 19.4 Å². The van der Waals surface area contributed by atoms with Crippen molar-refractivity contribution in [3.8, 4) is 0 Å². The predicted octanol–water partition coefficient (Wildman–Crippen LogP) is 2.49. The number of rotatable bonds is 8. The standard InChI is InChI=1S/C14H23N3O3/c1-5-15-13-8-12(6-7-14(13)17(18)19)9-16(3)11(2)10-20-4/h6-8,11,15H,5,9-10H2,1-4H3. The summed E-state index contributed by atoms with van der Waals surface area (Å²) in [6, 6.07) is 5.49. The van der Waals surface area contributed by atoms with Crippen LogP contribution in [0.25, 0.3) is 0 Å². The van der Waals surface area contributed by atoms with Gasteiger partial charge < -0.3 is 10.1 Å². The Bertz CT molecular complexity index is 451. The Kier molecular flexibility index (Phi) is 6.41. The summed E-state index contributed by atoms with van der Waals surface area (Å²) in [5.41, 5.74) is 1.72. The molecular formula is C14H23N3O3. The maximum Gasteiger partial charge on any atom is 0.292 e. The lowest BCUT2D eigenvalue weighted by Gasteiger charge is -2.24. The number of nitrogens with zero attached hydrogens (tertiary/aromatic N) is 2. The van der Waals surface area contributed by atoms with Gasteiger partial charge in [0.1, 0.15) is 5.69 Å². The minimum absolute atomic E-state index is 0.114. The molecule has 0 bridgehead atoms. The van der Waals surface area contributed by atoms with Crippen LogP contribution in [0.2, 0.25) is 0 Å². The monoisotopic (exact) mass is 281 g/mol. The lowest BCUT2D eigenvalue weighted by atomic mass is 10.1. The first-order valence-corrected chi connectivity index (χ1v) is 6.70. The first kappa shape index (κ1) is 16.4. The van der Waals surface area contributed by atoms with E-state index in [1.54, 1.807) is 19.2 Å². The summed E-state index contributed by atoms with van der Waals surface area (Å²) in [6.07, 6.45) is 0. The highest BCUT2D eigenvalue weighted by atomic mass is 16.6. The van der Waals surface area contributed by atoms with Gasteiger partial charge in [-0.25, -0.2) is 0 Å². The van der Waals surface area contributed by atoms with Crippen LogP contribution in [0.3, 0.4) is 0 Å². The van der Waals surface area contributed by atoms with Crippen molar-refractivity contribution < 1.29 is 9.66 Å². The summed E-state index contributed by atoms with van der Waals surface area (Å²) in [5, 5.41) is 14.0. The molecule has 0 saturated heterocycles. The van der Waals surface area contributed by atoms with E-state index in [1.165, 1.54) is 0 Å². The van der Waals surface area contributed by atoms with E-state index in [-0.39, 0.29) is 16.7 Å². The number of nitro benzene ring substituents is 1. The van der Waals surface area contributed by atoms with Gasteiger partial charge in [0.05, 0.1) is 11.5 Å². The quantitative estimate of drug-likeness (QED) is 0.585. The van der Waals surface area contributed by atoms with Gasteiger partial charge in [-0.1, -0.05) is 6.07 Å². The number of nitro groups is 1. The normalized spacial score (nSPS) is 12.4. The molecule has 0 heterocycles. The van der Waals surface area contributed by atoms with Gasteiger partial charge in [0.15, 0.2) is 0 Å². The zero-order valence-corrected chi connectivity index (χ0v) is 12.5. The smallest absolute Gasteiger partial charge is 0.292 e. The van der Waals surface area contributed by atoms with Crippen LogP contribution in [0, 0.1) is 10.1 Å². The zero-order valence-electron chi connectivity index (χ0n) is 12.5. The van der Waals surface area contributed by atoms with Crippen LogP contribution in [-0.2, 0) is 11.3 Å². The lowest BCUT2D eigenvalue weighted by Crippen LogP contribution is -2.32. The molecule has 6 nitrogen and oxygen atoms in total. The van der Waals surface area contributed by atoms with Crippen molar-refractivity contribution in [2.75, 3.05) is 32.6 Å². The average Bonchev–Trinajstić information content (AvgIpc) is 2.39. The fraction of sp³-hybridized carbons (Fsp3) is 0.571. The van der Waals surface area contributed by atoms with E-state index in [0.717, 1.165) is 12.1 Å². The molecular weight excluding hydrogens is 258 g/mol. The highest BCUT2D eigenvalue weighted by Crippen LogP contribution is 2.26. The third-order valence-electron chi connectivity index (χ3n) is 3.22. The van der Waals surface area contributed by atoms with Gasteiger partial charge in [-0.15, -0.1) is 0 Å². The second-order valence-electron chi connectivity index (χ2n) is 4.86. The van der Waals surface area contributed by atoms with E-state index in [1.807, 2.05) is 20.0 Å². The molecule has 112 valence electrons. The van der Waals surface area contributed by atoms with Gasteiger partial charge in [0.2, 0.25) is 0 Å². The molecule has 0 aromatic heterocycles. The van der Waals surface area contributed by atoms with Gasteiger partial charge in [-0.2, -0.15) is 0 Å². The molecule has 1 aromatic rings. The van der Waals surface area contributed by atoms with Gasteiger partial charge in [-0.3, -0.25) is 15.0 Å². The molecule has 0 radical (unpaired) electrons. The molecule has 1 atom stereocenters. The Hall–Kier alpha value is -1.66. The average molecular weight is 281 g/mol. The zero-order chi connectivity index (χ0) is 15.1. The van der Waals surface area contributed by atoms with Crippen molar-refractivity contribution in [2.45, 2.75) is 26.4 Å². The first-order chi connectivity index (χ1) is 9.49. The summed E-state index contributed by atoms with van der Waals surface area (Å²) in [5.74, 6) is 0. The van der Waals surface area contributed by atoms with Crippen LogP contribution >= 0.6 is 0 Å². The first-order valence-electron chi connectivity index (χ1n) is 6.70. The van der Waals surface area contributed by atoms with Gasteiger partial charge in [-0.05, 0) is 32.5 Å². The Morgan fingerprint density at radius 3 is 2.75 bits per heavy atom. The van der Waals surface area contributed by atoms with Gasteiger partial charge in [0.25, 0.3) is 5.69 Å². The van der Waals surface area contributed by atoms with Crippen molar-refractivity contribution in [1.82, 2.24) is 4.90 Å². The van der Waals surface area contributed by atoms with Crippen molar-refractivity contribution in [3.63, 3.8) is 0 Å². The lowest BCUT2D eigenvalue weighted by molar-refractivity contribution is -0.384. The third kappa shape index (κ3) is 4.47. The number of ether oxygens (including phenoxy) is 1. The van der Waals surface area contributed by atoms with Crippen LogP contribution in [-0.4, -0.2) is 43.2 Å². The molecule has 6 heteroatoms. The van der Waals surface area contributed by atoms with E-state index in [2.05, 4.69) is 17.1 Å². The maximum atomic E-state index is 11.0. The summed E-state index contributed by atoms with van der Waals surface area (Å²) in [7, 11) is 3.69. The predicted molar refractivity (Wildman–Crippen MR) is 80.1 cm³/mol. The van der Waals surface area contributed by atoms with E-state index < -0.39 is 0 Å². The molecule has 0 spiro atoms. The molecule has 1 N–H and O–H groups in total. The van der Waals surface area contributed by atoms with Crippen LogP contribution < -0.4 is 5.32 Å². The topological polar surface area (TPSA) is 67.6 Å². The highest BCUT2D eigenvalue weighted by molar-refractivity contribution is 5.62. The van der Waals surface area contributed by atoms with Gasteiger partial charge >= 0.3 is 0 Å². The number of benzene rings is 1. The fourth-order valence-corrected chi connectivity index (χ4v) is 1.99.